The van der Waals surface area contributed by atoms with Crippen LogP contribution >= 0.6 is 0 Å². The topological polar surface area (TPSA) is 75.7 Å². The molecule has 0 heterocycles. The Morgan fingerprint density at radius 1 is 1.14 bits per heavy atom. The second-order valence-corrected chi connectivity index (χ2v) is 5.56. The predicted molar refractivity (Wildman–Crippen MR) is 69.7 cm³/mol. The Morgan fingerprint density at radius 3 is 2.10 bits per heavy atom. The van der Waals surface area contributed by atoms with Gasteiger partial charge in [0.05, 0.1) is 24.4 Å². The first-order valence-corrected chi connectivity index (χ1v) is 6.62. The van der Waals surface area contributed by atoms with E-state index < -0.39 is 29.4 Å². The third-order valence-corrected chi connectivity index (χ3v) is 3.89. The SMILES string of the molecule is NCC1(COc2ccc(C(F)(F)F)cc2)C[C@@H](O)[C@@H](O)C1. The molecule has 1 aliphatic rings. The van der Waals surface area contributed by atoms with Gasteiger partial charge in [-0.3, -0.25) is 0 Å². The van der Waals surface area contributed by atoms with Crippen molar-refractivity contribution in [3.05, 3.63) is 29.8 Å². The summed E-state index contributed by atoms with van der Waals surface area (Å²) in [6.45, 7) is 0.366. The standard InChI is InChI=1S/C14H18F3NO3/c15-14(16,17)9-1-3-10(4-2-9)21-8-13(7-18)5-11(19)12(20)6-13/h1-4,11-12,19-20H,5-8,18H2/t11-,12+,13?. The van der Waals surface area contributed by atoms with Crippen LogP contribution in [-0.4, -0.2) is 35.6 Å². The zero-order valence-electron chi connectivity index (χ0n) is 11.3. The number of aliphatic hydroxyl groups is 2. The summed E-state index contributed by atoms with van der Waals surface area (Å²) in [5.41, 5.74) is 4.39. The van der Waals surface area contributed by atoms with Gasteiger partial charge >= 0.3 is 6.18 Å². The van der Waals surface area contributed by atoms with E-state index in [-0.39, 0.29) is 13.2 Å². The molecule has 0 aromatic heterocycles. The van der Waals surface area contributed by atoms with Crippen LogP contribution in [0.1, 0.15) is 18.4 Å². The van der Waals surface area contributed by atoms with E-state index in [1.807, 2.05) is 0 Å². The Balaban J connectivity index is 1.99. The molecule has 1 aromatic carbocycles. The van der Waals surface area contributed by atoms with Gasteiger partial charge in [-0.05, 0) is 37.1 Å². The highest BCUT2D eigenvalue weighted by atomic mass is 19.4. The molecule has 1 fully saturated rings. The molecule has 1 aliphatic carbocycles. The van der Waals surface area contributed by atoms with Crippen molar-refractivity contribution in [2.45, 2.75) is 31.2 Å². The molecule has 4 N–H and O–H groups in total. The molecular formula is C14H18F3NO3. The van der Waals surface area contributed by atoms with Gasteiger partial charge in [0.25, 0.3) is 0 Å². The molecule has 0 bridgehead atoms. The summed E-state index contributed by atoms with van der Waals surface area (Å²) in [4.78, 5) is 0. The summed E-state index contributed by atoms with van der Waals surface area (Å²) in [7, 11) is 0. The van der Waals surface area contributed by atoms with Crippen LogP contribution < -0.4 is 10.5 Å². The lowest BCUT2D eigenvalue weighted by Crippen LogP contribution is -2.35. The minimum atomic E-state index is -4.38. The molecule has 0 aliphatic heterocycles. The van der Waals surface area contributed by atoms with Crippen LogP contribution in [0.15, 0.2) is 24.3 Å². The molecule has 1 aromatic rings. The summed E-state index contributed by atoms with van der Waals surface area (Å²) in [6.07, 6.45) is -5.44. The number of hydrogen-bond donors (Lipinski definition) is 3. The monoisotopic (exact) mass is 305 g/mol. The molecule has 0 radical (unpaired) electrons. The predicted octanol–water partition coefficient (Wildman–Crippen LogP) is 1.54. The highest BCUT2D eigenvalue weighted by molar-refractivity contribution is 5.29. The zero-order chi connectivity index (χ0) is 15.7. The quantitative estimate of drug-likeness (QED) is 0.789. The molecule has 0 amide bonds. The molecule has 7 heteroatoms. The van der Waals surface area contributed by atoms with Gasteiger partial charge in [-0.2, -0.15) is 13.2 Å². The van der Waals surface area contributed by atoms with Crippen molar-refractivity contribution in [3.63, 3.8) is 0 Å². The van der Waals surface area contributed by atoms with Gasteiger partial charge in [0.1, 0.15) is 5.75 Å². The highest BCUT2D eigenvalue weighted by Crippen LogP contribution is 2.38. The van der Waals surface area contributed by atoms with Gasteiger partial charge < -0.3 is 20.7 Å². The fourth-order valence-electron chi connectivity index (χ4n) is 2.56. The van der Waals surface area contributed by atoms with E-state index in [4.69, 9.17) is 10.5 Å². The summed E-state index contributed by atoms with van der Waals surface area (Å²) in [6, 6.07) is 4.38. The number of benzene rings is 1. The van der Waals surface area contributed by atoms with Crippen LogP contribution in [0.4, 0.5) is 13.2 Å². The molecule has 21 heavy (non-hydrogen) atoms. The third-order valence-electron chi connectivity index (χ3n) is 3.89. The van der Waals surface area contributed by atoms with E-state index in [1.54, 1.807) is 0 Å². The number of aliphatic hydroxyl groups excluding tert-OH is 2. The maximum atomic E-state index is 12.4. The molecule has 0 saturated heterocycles. The number of nitrogens with two attached hydrogens (primary N) is 1. The summed E-state index contributed by atoms with van der Waals surface area (Å²) >= 11 is 0. The smallest absolute Gasteiger partial charge is 0.416 e. The first-order chi connectivity index (χ1) is 9.76. The van der Waals surface area contributed by atoms with Gasteiger partial charge in [0, 0.05) is 12.0 Å². The number of ether oxygens (including phenoxy) is 1. The number of halogens is 3. The van der Waals surface area contributed by atoms with Crippen LogP contribution in [0, 0.1) is 5.41 Å². The molecule has 4 nitrogen and oxygen atoms in total. The van der Waals surface area contributed by atoms with Crippen LogP contribution in [0.5, 0.6) is 5.75 Å². The summed E-state index contributed by atoms with van der Waals surface area (Å²) < 4.78 is 42.8. The lowest BCUT2D eigenvalue weighted by molar-refractivity contribution is -0.137. The molecular weight excluding hydrogens is 287 g/mol. The molecule has 1 saturated carbocycles. The van der Waals surface area contributed by atoms with Gasteiger partial charge in [0.2, 0.25) is 0 Å². The van der Waals surface area contributed by atoms with Gasteiger partial charge in [0.15, 0.2) is 0 Å². The van der Waals surface area contributed by atoms with E-state index in [0.717, 1.165) is 12.1 Å². The van der Waals surface area contributed by atoms with E-state index in [9.17, 15) is 23.4 Å². The number of alkyl halides is 3. The molecule has 3 atom stereocenters. The van der Waals surface area contributed by atoms with E-state index in [1.165, 1.54) is 12.1 Å². The Kier molecular flexibility index (Phi) is 4.46. The van der Waals surface area contributed by atoms with Crippen molar-refractivity contribution >= 4 is 0 Å². The fourth-order valence-corrected chi connectivity index (χ4v) is 2.56. The van der Waals surface area contributed by atoms with Crippen LogP contribution in [-0.2, 0) is 6.18 Å². The maximum Gasteiger partial charge on any atom is 0.416 e. The first kappa shape index (κ1) is 16.1. The van der Waals surface area contributed by atoms with Gasteiger partial charge in [-0.1, -0.05) is 0 Å². The van der Waals surface area contributed by atoms with E-state index >= 15 is 0 Å². The third kappa shape index (κ3) is 3.66. The van der Waals surface area contributed by atoms with Crippen LogP contribution in [0.2, 0.25) is 0 Å². The Bertz CT molecular complexity index is 465. The number of rotatable bonds is 4. The average Bonchev–Trinajstić information content (AvgIpc) is 2.72. The highest BCUT2D eigenvalue weighted by Gasteiger charge is 2.44. The van der Waals surface area contributed by atoms with Crippen molar-refractivity contribution in [2.24, 2.45) is 11.1 Å². The Hall–Kier alpha value is -1.31. The normalized spacial score (nSPS) is 29.6. The van der Waals surface area contributed by atoms with Crippen molar-refractivity contribution in [1.82, 2.24) is 0 Å². The zero-order valence-corrected chi connectivity index (χ0v) is 11.3. The molecule has 0 spiro atoms. The minimum Gasteiger partial charge on any atom is -0.493 e. The van der Waals surface area contributed by atoms with Gasteiger partial charge in [-0.25, -0.2) is 0 Å². The largest absolute Gasteiger partial charge is 0.493 e. The Labute approximate surface area is 120 Å². The molecule has 2 rings (SSSR count). The summed E-state index contributed by atoms with van der Waals surface area (Å²) in [5.74, 6) is 0.298. The average molecular weight is 305 g/mol. The molecule has 1 unspecified atom stereocenters. The fraction of sp³-hybridized carbons (Fsp3) is 0.571. The first-order valence-electron chi connectivity index (χ1n) is 6.62. The maximum absolute atomic E-state index is 12.4. The van der Waals surface area contributed by atoms with E-state index in [2.05, 4.69) is 0 Å². The second-order valence-electron chi connectivity index (χ2n) is 5.56. The van der Waals surface area contributed by atoms with Crippen molar-refractivity contribution in [1.29, 1.82) is 0 Å². The lowest BCUT2D eigenvalue weighted by Gasteiger charge is -2.27. The van der Waals surface area contributed by atoms with Crippen molar-refractivity contribution in [3.8, 4) is 5.75 Å². The van der Waals surface area contributed by atoms with Crippen LogP contribution in [0.3, 0.4) is 0 Å². The van der Waals surface area contributed by atoms with Crippen molar-refractivity contribution < 1.29 is 28.1 Å². The van der Waals surface area contributed by atoms with Crippen LogP contribution in [0.25, 0.3) is 0 Å². The summed E-state index contributed by atoms with van der Waals surface area (Å²) in [5, 5.41) is 19.2. The van der Waals surface area contributed by atoms with Crippen molar-refractivity contribution in [2.75, 3.05) is 13.2 Å². The minimum absolute atomic E-state index is 0.142. The number of hydrogen-bond acceptors (Lipinski definition) is 4. The van der Waals surface area contributed by atoms with Gasteiger partial charge in [-0.15, -0.1) is 0 Å². The van der Waals surface area contributed by atoms with E-state index in [0.29, 0.717) is 18.6 Å². The Morgan fingerprint density at radius 2 is 1.67 bits per heavy atom. The molecule has 118 valence electrons. The lowest BCUT2D eigenvalue weighted by atomic mass is 9.87. The second kappa shape index (κ2) is 5.82.